The van der Waals surface area contributed by atoms with Crippen molar-refractivity contribution in [3.63, 3.8) is 0 Å². The zero-order chi connectivity index (χ0) is 11.8. The molecule has 0 fully saturated rings. The first kappa shape index (κ1) is 10.6. The zero-order valence-electron chi connectivity index (χ0n) is 9.51. The van der Waals surface area contributed by atoms with Crippen molar-refractivity contribution in [2.45, 2.75) is 18.2 Å². The van der Waals surface area contributed by atoms with Crippen LogP contribution >= 0.6 is 11.8 Å². The Bertz CT molecular complexity index is 619. The number of aromatic nitrogens is 2. The maximum atomic E-state index is 12.4. The summed E-state index contributed by atoms with van der Waals surface area (Å²) in [4.78, 5) is 17.7. The molecule has 0 atom stereocenters. The smallest absolute Gasteiger partial charge is 0.268 e. The molecule has 0 bridgehead atoms. The minimum absolute atomic E-state index is 0.0706. The summed E-state index contributed by atoms with van der Waals surface area (Å²) in [6.07, 6.45) is 0.908. The van der Waals surface area contributed by atoms with Crippen molar-refractivity contribution in [3.05, 3.63) is 52.2 Å². The number of benzene rings is 1. The van der Waals surface area contributed by atoms with Crippen LogP contribution in [-0.4, -0.2) is 15.3 Å². The maximum Gasteiger partial charge on any atom is 0.272 e. The number of hydrogen-bond acceptors (Lipinski definition) is 3. The fraction of sp³-hybridized carbons (Fsp3) is 0.231. The SMILES string of the molecule is Cc1nc2c(c(=O)n1-c1ccccc1)SCC2. The quantitative estimate of drug-likeness (QED) is 0.771. The number of rotatable bonds is 1. The first-order valence-electron chi connectivity index (χ1n) is 5.58. The lowest BCUT2D eigenvalue weighted by Crippen LogP contribution is -2.24. The number of aryl methyl sites for hydroxylation is 2. The molecule has 1 aliphatic rings. The molecular formula is C13H12N2OS. The van der Waals surface area contributed by atoms with E-state index in [1.807, 2.05) is 37.3 Å². The van der Waals surface area contributed by atoms with E-state index < -0.39 is 0 Å². The lowest BCUT2D eigenvalue weighted by Gasteiger charge is -2.10. The van der Waals surface area contributed by atoms with E-state index >= 15 is 0 Å². The highest BCUT2D eigenvalue weighted by Crippen LogP contribution is 2.27. The van der Waals surface area contributed by atoms with Gasteiger partial charge in [-0.3, -0.25) is 9.36 Å². The Hall–Kier alpha value is -1.55. The highest BCUT2D eigenvalue weighted by molar-refractivity contribution is 7.99. The van der Waals surface area contributed by atoms with Crippen LogP contribution in [0.5, 0.6) is 0 Å². The molecule has 1 aromatic heterocycles. The molecule has 3 rings (SSSR count). The van der Waals surface area contributed by atoms with Crippen LogP contribution in [-0.2, 0) is 6.42 Å². The topological polar surface area (TPSA) is 34.9 Å². The van der Waals surface area contributed by atoms with Crippen LogP contribution in [0, 0.1) is 6.92 Å². The Balaban J connectivity index is 2.28. The highest BCUT2D eigenvalue weighted by atomic mass is 32.2. The van der Waals surface area contributed by atoms with E-state index in [1.165, 1.54) is 0 Å². The standard InChI is InChI=1S/C13H12N2OS/c1-9-14-11-7-8-17-12(11)13(16)15(9)10-5-3-2-4-6-10/h2-6H,7-8H2,1H3. The minimum Gasteiger partial charge on any atom is -0.268 e. The van der Waals surface area contributed by atoms with E-state index in [0.29, 0.717) is 0 Å². The van der Waals surface area contributed by atoms with E-state index in [2.05, 4.69) is 4.98 Å². The largest absolute Gasteiger partial charge is 0.272 e. The van der Waals surface area contributed by atoms with Crippen LogP contribution in [0.15, 0.2) is 40.0 Å². The average molecular weight is 244 g/mol. The molecule has 17 heavy (non-hydrogen) atoms. The van der Waals surface area contributed by atoms with Crippen LogP contribution in [0.2, 0.25) is 0 Å². The second-order valence-corrected chi connectivity index (χ2v) is 5.11. The predicted octanol–water partition coefficient (Wildman–Crippen LogP) is 2.19. The number of fused-ring (bicyclic) bond motifs is 1. The number of hydrogen-bond donors (Lipinski definition) is 0. The maximum absolute atomic E-state index is 12.4. The van der Waals surface area contributed by atoms with E-state index in [0.717, 1.165) is 34.3 Å². The normalized spacial score (nSPS) is 13.7. The number of para-hydroxylation sites is 1. The Morgan fingerprint density at radius 3 is 2.82 bits per heavy atom. The number of nitrogens with zero attached hydrogens (tertiary/aromatic N) is 2. The summed E-state index contributed by atoms with van der Waals surface area (Å²) in [5, 5.41) is 0. The summed E-state index contributed by atoms with van der Waals surface area (Å²) >= 11 is 1.62. The van der Waals surface area contributed by atoms with E-state index in [-0.39, 0.29) is 5.56 Å². The predicted molar refractivity (Wildman–Crippen MR) is 69.0 cm³/mol. The second-order valence-electron chi connectivity index (χ2n) is 4.01. The summed E-state index contributed by atoms with van der Waals surface area (Å²) in [6, 6.07) is 9.67. The summed E-state index contributed by atoms with van der Waals surface area (Å²) in [7, 11) is 0. The van der Waals surface area contributed by atoms with Crippen molar-refractivity contribution < 1.29 is 0 Å². The molecule has 1 aliphatic heterocycles. The molecule has 0 saturated carbocycles. The van der Waals surface area contributed by atoms with Crippen molar-refractivity contribution in [1.29, 1.82) is 0 Å². The van der Waals surface area contributed by atoms with E-state index in [1.54, 1.807) is 16.3 Å². The van der Waals surface area contributed by atoms with Gasteiger partial charge < -0.3 is 0 Å². The van der Waals surface area contributed by atoms with Gasteiger partial charge in [-0.1, -0.05) is 18.2 Å². The third-order valence-corrected chi connectivity index (χ3v) is 3.99. The molecule has 0 amide bonds. The fourth-order valence-corrected chi connectivity index (χ4v) is 3.14. The lowest BCUT2D eigenvalue weighted by molar-refractivity contribution is 0.804. The average Bonchev–Trinajstić information content (AvgIpc) is 2.78. The second kappa shape index (κ2) is 4.04. The Morgan fingerprint density at radius 1 is 1.29 bits per heavy atom. The van der Waals surface area contributed by atoms with Gasteiger partial charge in [0, 0.05) is 12.2 Å². The van der Waals surface area contributed by atoms with E-state index in [4.69, 9.17) is 0 Å². The molecule has 0 N–H and O–H groups in total. The van der Waals surface area contributed by atoms with Crippen molar-refractivity contribution in [3.8, 4) is 5.69 Å². The van der Waals surface area contributed by atoms with Crippen molar-refractivity contribution in [2.24, 2.45) is 0 Å². The van der Waals surface area contributed by atoms with Gasteiger partial charge in [-0.15, -0.1) is 11.8 Å². The van der Waals surface area contributed by atoms with Crippen LogP contribution in [0.1, 0.15) is 11.5 Å². The third kappa shape index (κ3) is 1.69. The molecule has 2 heterocycles. The van der Waals surface area contributed by atoms with Gasteiger partial charge in [0.2, 0.25) is 0 Å². The first-order valence-corrected chi connectivity index (χ1v) is 6.56. The van der Waals surface area contributed by atoms with Crippen molar-refractivity contribution in [2.75, 3.05) is 5.75 Å². The molecule has 3 nitrogen and oxygen atoms in total. The van der Waals surface area contributed by atoms with Crippen LogP contribution in [0.4, 0.5) is 0 Å². The molecule has 0 unspecified atom stereocenters. The van der Waals surface area contributed by atoms with Crippen LogP contribution in [0.3, 0.4) is 0 Å². The summed E-state index contributed by atoms with van der Waals surface area (Å²) in [5.41, 5.74) is 1.92. The van der Waals surface area contributed by atoms with Crippen molar-refractivity contribution >= 4 is 11.8 Å². The molecule has 0 saturated heterocycles. The molecule has 0 spiro atoms. The Labute approximate surface area is 104 Å². The zero-order valence-corrected chi connectivity index (χ0v) is 10.3. The summed E-state index contributed by atoms with van der Waals surface area (Å²) in [6.45, 7) is 1.89. The molecule has 2 aromatic rings. The van der Waals surface area contributed by atoms with Gasteiger partial charge in [0.1, 0.15) is 5.82 Å². The van der Waals surface area contributed by atoms with Gasteiger partial charge in [-0.05, 0) is 19.1 Å². The monoisotopic (exact) mass is 244 g/mol. The van der Waals surface area contributed by atoms with Gasteiger partial charge >= 0.3 is 0 Å². The fourth-order valence-electron chi connectivity index (χ4n) is 2.11. The van der Waals surface area contributed by atoms with Gasteiger partial charge in [-0.2, -0.15) is 0 Å². The molecule has 86 valence electrons. The first-order chi connectivity index (χ1) is 8.27. The number of thioether (sulfide) groups is 1. The van der Waals surface area contributed by atoms with Gasteiger partial charge in [0.15, 0.2) is 0 Å². The van der Waals surface area contributed by atoms with Crippen LogP contribution < -0.4 is 5.56 Å². The van der Waals surface area contributed by atoms with Gasteiger partial charge in [0.25, 0.3) is 5.56 Å². The van der Waals surface area contributed by atoms with Crippen LogP contribution in [0.25, 0.3) is 5.69 Å². The van der Waals surface area contributed by atoms with Gasteiger partial charge in [-0.25, -0.2) is 4.98 Å². The lowest BCUT2D eigenvalue weighted by atomic mass is 10.3. The van der Waals surface area contributed by atoms with E-state index in [9.17, 15) is 4.79 Å². The van der Waals surface area contributed by atoms with Gasteiger partial charge in [0.05, 0.1) is 16.3 Å². The Kier molecular flexibility index (Phi) is 2.52. The highest BCUT2D eigenvalue weighted by Gasteiger charge is 2.20. The Morgan fingerprint density at radius 2 is 2.06 bits per heavy atom. The molecule has 1 aromatic carbocycles. The molecule has 0 aliphatic carbocycles. The molecule has 4 heteroatoms. The summed E-state index contributed by atoms with van der Waals surface area (Å²) in [5.74, 6) is 1.73. The third-order valence-electron chi connectivity index (χ3n) is 2.88. The molecule has 0 radical (unpaired) electrons. The van der Waals surface area contributed by atoms with Crippen molar-refractivity contribution in [1.82, 2.24) is 9.55 Å². The minimum atomic E-state index is 0.0706. The molecular weight excluding hydrogens is 232 g/mol. The summed E-state index contributed by atoms with van der Waals surface area (Å²) < 4.78 is 1.69.